The lowest BCUT2D eigenvalue weighted by atomic mass is 10.2. The number of amides is 2. The lowest BCUT2D eigenvalue weighted by Crippen LogP contribution is -2.48. The number of nitrogens with one attached hydrogen (secondary N) is 1. The molecule has 1 saturated heterocycles. The van der Waals surface area contributed by atoms with Crippen LogP contribution in [0.1, 0.15) is 11.3 Å². The molecule has 0 spiro atoms. The van der Waals surface area contributed by atoms with Crippen LogP contribution in [0, 0.1) is 6.92 Å². The SMILES string of the molecule is Cc1cc(NC(=O)CSc2nnc(N3CCN(C(=O)/C=C/c4ccccc4)CC3)s2)no1. The largest absolute Gasteiger partial charge is 0.360 e. The van der Waals surface area contributed by atoms with Crippen molar-refractivity contribution in [2.24, 2.45) is 0 Å². The molecule has 2 aromatic heterocycles. The molecule has 2 amide bonds. The van der Waals surface area contributed by atoms with Crippen LogP contribution in [-0.2, 0) is 9.59 Å². The predicted molar refractivity (Wildman–Crippen MR) is 125 cm³/mol. The van der Waals surface area contributed by atoms with Crippen LogP contribution in [0.2, 0.25) is 0 Å². The molecule has 4 rings (SSSR count). The highest BCUT2D eigenvalue weighted by molar-refractivity contribution is 8.01. The molecule has 1 aliphatic heterocycles. The number of thioether (sulfide) groups is 1. The number of hydrogen-bond donors (Lipinski definition) is 1. The molecule has 1 aliphatic rings. The van der Waals surface area contributed by atoms with Gasteiger partial charge in [0.15, 0.2) is 10.2 Å². The van der Waals surface area contributed by atoms with Crippen LogP contribution >= 0.6 is 23.1 Å². The number of carbonyl (C=O) groups excluding carboxylic acids is 2. The molecule has 0 saturated carbocycles. The standard InChI is InChI=1S/C21H22N6O3S2/c1-15-13-17(25-30-15)22-18(28)14-31-21-24-23-20(32-21)27-11-9-26(10-12-27)19(29)8-7-16-5-3-2-4-6-16/h2-8,13H,9-12,14H2,1H3,(H,22,25,28)/b8-7+. The van der Waals surface area contributed by atoms with E-state index in [0.29, 0.717) is 37.8 Å². The van der Waals surface area contributed by atoms with Crippen LogP contribution in [0.3, 0.4) is 0 Å². The first-order valence-electron chi connectivity index (χ1n) is 10.0. The zero-order chi connectivity index (χ0) is 22.3. The van der Waals surface area contributed by atoms with Gasteiger partial charge in [-0.1, -0.05) is 58.6 Å². The van der Waals surface area contributed by atoms with Crippen molar-refractivity contribution in [1.29, 1.82) is 0 Å². The van der Waals surface area contributed by atoms with E-state index in [0.717, 1.165) is 15.0 Å². The number of rotatable bonds is 7. The van der Waals surface area contributed by atoms with Crippen molar-refractivity contribution in [2.75, 3.05) is 42.1 Å². The Labute approximate surface area is 193 Å². The number of anilines is 2. The summed E-state index contributed by atoms with van der Waals surface area (Å²) in [6.45, 7) is 4.39. The fraction of sp³-hybridized carbons (Fsp3) is 0.286. The second-order valence-electron chi connectivity index (χ2n) is 7.07. The van der Waals surface area contributed by atoms with E-state index in [2.05, 4.69) is 25.6 Å². The van der Waals surface area contributed by atoms with Crippen molar-refractivity contribution in [3.63, 3.8) is 0 Å². The first kappa shape index (κ1) is 22.0. The van der Waals surface area contributed by atoms with E-state index < -0.39 is 0 Å². The maximum Gasteiger partial charge on any atom is 0.246 e. The third-order valence-corrected chi connectivity index (χ3v) is 6.82. The van der Waals surface area contributed by atoms with Crippen molar-refractivity contribution < 1.29 is 14.1 Å². The Morgan fingerprint density at radius 2 is 1.97 bits per heavy atom. The molecule has 3 heterocycles. The minimum absolute atomic E-state index is 0.00956. The number of hydrogen-bond acceptors (Lipinski definition) is 9. The highest BCUT2D eigenvalue weighted by Crippen LogP contribution is 2.28. The van der Waals surface area contributed by atoms with E-state index in [-0.39, 0.29) is 17.6 Å². The van der Waals surface area contributed by atoms with Gasteiger partial charge >= 0.3 is 0 Å². The zero-order valence-electron chi connectivity index (χ0n) is 17.4. The molecular weight excluding hydrogens is 448 g/mol. The summed E-state index contributed by atoms with van der Waals surface area (Å²) in [6.07, 6.45) is 3.46. The third-order valence-electron chi connectivity index (χ3n) is 4.70. The molecule has 32 heavy (non-hydrogen) atoms. The Kier molecular flexibility index (Phi) is 7.17. The molecule has 1 aromatic carbocycles. The molecule has 1 fully saturated rings. The molecule has 11 heteroatoms. The minimum atomic E-state index is -0.185. The molecule has 0 unspecified atom stereocenters. The predicted octanol–water partition coefficient (Wildman–Crippen LogP) is 2.93. The van der Waals surface area contributed by atoms with E-state index in [9.17, 15) is 9.59 Å². The van der Waals surface area contributed by atoms with Crippen LogP contribution in [0.4, 0.5) is 10.9 Å². The normalized spacial score (nSPS) is 14.2. The highest BCUT2D eigenvalue weighted by atomic mass is 32.2. The van der Waals surface area contributed by atoms with Crippen LogP contribution in [0.15, 0.2) is 51.3 Å². The lowest BCUT2D eigenvalue weighted by molar-refractivity contribution is -0.126. The minimum Gasteiger partial charge on any atom is -0.360 e. The van der Waals surface area contributed by atoms with Crippen LogP contribution in [-0.4, -0.2) is 64.0 Å². The Morgan fingerprint density at radius 3 is 2.69 bits per heavy atom. The Hall–Kier alpha value is -3.18. The topological polar surface area (TPSA) is 104 Å². The molecule has 0 bridgehead atoms. The van der Waals surface area contributed by atoms with Gasteiger partial charge in [0.05, 0.1) is 5.75 Å². The molecule has 166 valence electrons. The van der Waals surface area contributed by atoms with Crippen molar-refractivity contribution >= 4 is 51.9 Å². The second kappa shape index (κ2) is 10.4. The average molecular weight is 471 g/mol. The summed E-state index contributed by atoms with van der Waals surface area (Å²) in [5, 5.41) is 15.6. The van der Waals surface area contributed by atoms with Gasteiger partial charge in [0.25, 0.3) is 0 Å². The van der Waals surface area contributed by atoms with Gasteiger partial charge in [-0.25, -0.2) is 0 Å². The lowest BCUT2D eigenvalue weighted by Gasteiger charge is -2.33. The maximum absolute atomic E-state index is 12.4. The van der Waals surface area contributed by atoms with E-state index in [1.54, 1.807) is 19.1 Å². The van der Waals surface area contributed by atoms with Gasteiger partial charge in [-0.3, -0.25) is 9.59 Å². The summed E-state index contributed by atoms with van der Waals surface area (Å²) in [7, 11) is 0. The molecule has 0 atom stereocenters. The molecule has 1 N–H and O–H groups in total. The van der Waals surface area contributed by atoms with Gasteiger partial charge < -0.3 is 19.6 Å². The van der Waals surface area contributed by atoms with Gasteiger partial charge in [-0.15, -0.1) is 10.2 Å². The molecule has 9 nitrogen and oxygen atoms in total. The number of piperazine rings is 1. The maximum atomic E-state index is 12.4. The summed E-state index contributed by atoms with van der Waals surface area (Å²) in [6, 6.07) is 11.4. The molecule has 0 radical (unpaired) electrons. The van der Waals surface area contributed by atoms with Crippen molar-refractivity contribution in [3.05, 3.63) is 53.8 Å². The average Bonchev–Trinajstić information content (AvgIpc) is 3.46. The van der Waals surface area contributed by atoms with Gasteiger partial charge in [-0.05, 0) is 18.6 Å². The third kappa shape index (κ3) is 5.95. The number of nitrogens with zero attached hydrogens (tertiary/aromatic N) is 5. The first-order valence-corrected chi connectivity index (χ1v) is 11.8. The van der Waals surface area contributed by atoms with E-state index >= 15 is 0 Å². The van der Waals surface area contributed by atoms with Gasteiger partial charge in [-0.2, -0.15) is 0 Å². The fourth-order valence-corrected chi connectivity index (χ4v) is 4.77. The number of carbonyl (C=O) groups is 2. The monoisotopic (exact) mass is 470 g/mol. The summed E-state index contributed by atoms with van der Waals surface area (Å²) >= 11 is 2.77. The number of aryl methyl sites for hydroxylation is 1. The smallest absolute Gasteiger partial charge is 0.246 e. The van der Waals surface area contributed by atoms with Crippen LogP contribution in [0.25, 0.3) is 6.08 Å². The zero-order valence-corrected chi connectivity index (χ0v) is 19.1. The molecular formula is C21H22N6O3S2. The van der Waals surface area contributed by atoms with Crippen LogP contribution in [0.5, 0.6) is 0 Å². The van der Waals surface area contributed by atoms with Gasteiger partial charge in [0, 0.05) is 38.3 Å². The Bertz CT molecular complexity index is 1090. The van der Waals surface area contributed by atoms with E-state index in [4.69, 9.17) is 4.52 Å². The van der Waals surface area contributed by atoms with Crippen molar-refractivity contribution in [2.45, 2.75) is 11.3 Å². The quantitative estimate of drug-likeness (QED) is 0.415. The van der Waals surface area contributed by atoms with Crippen molar-refractivity contribution in [1.82, 2.24) is 20.3 Å². The first-order chi connectivity index (χ1) is 15.6. The molecule has 3 aromatic rings. The van der Waals surface area contributed by atoms with E-state index in [1.165, 1.54) is 23.1 Å². The summed E-state index contributed by atoms with van der Waals surface area (Å²) in [5.74, 6) is 1.07. The summed E-state index contributed by atoms with van der Waals surface area (Å²) in [5.41, 5.74) is 1.00. The van der Waals surface area contributed by atoms with Gasteiger partial charge in [0.1, 0.15) is 5.76 Å². The molecule has 0 aliphatic carbocycles. The fourth-order valence-electron chi connectivity index (χ4n) is 3.08. The van der Waals surface area contributed by atoms with Crippen molar-refractivity contribution in [3.8, 4) is 0 Å². The second-order valence-corrected chi connectivity index (χ2v) is 9.24. The van der Waals surface area contributed by atoms with E-state index in [1.807, 2.05) is 41.3 Å². The van der Waals surface area contributed by atoms with Gasteiger partial charge in [0.2, 0.25) is 16.9 Å². The Morgan fingerprint density at radius 1 is 1.19 bits per heavy atom. The number of benzene rings is 1. The highest BCUT2D eigenvalue weighted by Gasteiger charge is 2.22. The number of aromatic nitrogens is 3. The summed E-state index contributed by atoms with van der Waals surface area (Å²) in [4.78, 5) is 28.4. The van der Waals surface area contributed by atoms with Crippen LogP contribution < -0.4 is 10.2 Å². The Balaban J connectivity index is 1.22. The summed E-state index contributed by atoms with van der Waals surface area (Å²) < 4.78 is 5.65.